The van der Waals surface area contributed by atoms with Crippen molar-refractivity contribution in [3.8, 4) is 0 Å². The minimum Gasteiger partial charge on any atom is -0.392 e. The number of rotatable bonds is 13. The molecule has 6 nitrogen and oxygen atoms in total. The van der Waals surface area contributed by atoms with Gasteiger partial charge < -0.3 is 26.6 Å². The summed E-state index contributed by atoms with van der Waals surface area (Å²) in [6.45, 7) is 18.4. The maximum atomic E-state index is 9.22. The molecule has 0 heterocycles. The van der Waals surface area contributed by atoms with Crippen molar-refractivity contribution in [2.45, 2.75) is 65.5 Å². The van der Waals surface area contributed by atoms with E-state index in [1.165, 1.54) is 0 Å². The second-order valence-corrected chi connectivity index (χ2v) is 8.70. The van der Waals surface area contributed by atoms with Crippen molar-refractivity contribution in [2.24, 2.45) is 5.10 Å². The molecule has 0 aromatic heterocycles. The molecule has 0 fully saturated rings. The lowest BCUT2D eigenvalue weighted by molar-refractivity contribution is 0.192. The van der Waals surface area contributed by atoms with Crippen molar-refractivity contribution in [3.05, 3.63) is 47.9 Å². The van der Waals surface area contributed by atoms with Gasteiger partial charge in [-0.25, -0.2) is 0 Å². The zero-order chi connectivity index (χ0) is 22.6. The maximum absolute atomic E-state index is 9.22. The van der Waals surface area contributed by atoms with Crippen LogP contribution < -0.4 is 16.1 Å². The quantitative estimate of drug-likeness (QED) is 0.134. The van der Waals surface area contributed by atoms with Crippen LogP contribution in [-0.4, -0.2) is 46.6 Å². The highest BCUT2D eigenvalue weighted by Crippen LogP contribution is 2.23. The van der Waals surface area contributed by atoms with Gasteiger partial charge in [0.1, 0.15) is 0 Å². The molecule has 0 aromatic carbocycles. The average Bonchev–Trinajstić information content (AvgIpc) is 2.61. The second kappa shape index (κ2) is 13.2. The van der Waals surface area contributed by atoms with Crippen molar-refractivity contribution in [1.82, 2.24) is 16.1 Å². The normalized spacial score (nSPS) is 15.8. The fraction of sp³-hybridized carbons (Fsp3) is 0.545. The van der Waals surface area contributed by atoms with E-state index in [9.17, 15) is 5.11 Å². The van der Waals surface area contributed by atoms with E-state index in [0.717, 1.165) is 22.6 Å². The van der Waals surface area contributed by atoms with Crippen molar-refractivity contribution >= 4 is 23.0 Å². The molecule has 0 spiro atoms. The van der Waals surface area contributed by atoms with E-state index in [1.54, 1.807) is 19.2 Å². The SMILES string of the molecule is C=C(N[C@@H](C)CN/C=C\C(=N)/C(C)=C/C=C(/C)C(C)(C)Cl)/C(C)=N/NCC(C)O. The van der Waals surface area contributed by atoms with E-state index in [-0.39, 0.29) is 10.9 Å². The maximum Gasteiger partial charge on any atom is 0.0796 e. The van der Waals surface area contributed by atoms with Crippen LogP contribution in [0.5, 0.6) is 0 Å². The smallest absolute Gasteiger partial charge is 0.0796 e. The summed E-state index contributed by atoms with van der Waals surface area (Å²) in [5, 5.41) is 28.0. The van der Waals surface area contributed by atoms with Crippen molar-refractivity contribution in [2.75, 3.05) is 13.1 Å². The molecule has 0 radical (unpaired) electrons. The van der Waals surface area contributed by atoms with E-state index in [2.05, 4.69) is 27.7 Å². The average molecular weight is 424 g/mol. The summed E-state index contributed by atoms with van der Waals surface area (Å²) in [6, 6.07) is 0.122. The summed E-state index contributed by atoms with van der Waals surface area (Å²) in [5.41, 5.74) is 6.61. The van der Waals surface area contributed by atoms with Gasteiger partial charge in [-0.3, -0.25) is 0 Å². The van der Waals surface area contributed by atoms with Crippen LogP contribution in [0.1, 0.15) is 48.5 Å². The van der Waals surface area contributed by atoms with Crippen LogP contribution in [0.4, 0.5) is 0 Å². The Morgan fingerprint density at radius 2 is 1.83 bits per heavy atom. The number of aliphatic hydroxyl groups excluding tert-OH is 1. The summed E-state index contributed by atoms with van der Waals surface area (Å²) < 4.78 is 0. The highest BCUT2D eigenvalue weighted by molar-refractivity contribution is 6.25. The Morgan fingerprint density at radius 3 is 2.38 bits per heavy atom. The summed E-state index contributed by atoms with van der Waals surface area (Å²) in [4.78, 5) is -0.389. The van der Waals surface area contributed by atoms with Crippen LogP contribution in [0.2, 0.25) is 0 Å². The van der Waals surface area contributed by atoms with Gasteiger partial charge in [0.05, 0.1) is 34.6 Å². The zero-order valence-corrected chi connectivity index (χ0v) is 19.6. The van der Waals surface area contributed by atoms with Gasteiger partial charge >= 0.3 is 0 Å². The number of hydrogen-bond donors (Lipinski definition) is 5. The van der Waals surface area contributed by atoms with Crippen LogP contribution in [-0.2, 0) is 0 Å². The molecule has 164 valence electrons. The van der Waals surface area contributed by atoms with Gasteiger partial charge in [-0.1, -0.05) is 24.3 Å². The monoisotopic (exact) mass is 423 g/mol. The summed E-state index contributed by atoms with van der Waals surface area (Å²) in [5.74, 6) is 0. The molecule has 0 bridgehead atoms. The van der Waals surface area contributed by atoms with Crippen molar-refractivity contribution in [1.29, 1.82) is 5.41 Å². The first kappa shape index (κ1) is 27.0. The van der Waals surface area contributed by atoms with E-state index >= 15 is 0 Å². The van der Waals surface area contributed by atoms with Gasteiger partial charge in [0.15, 0.2) is 0 Å². The Hall–Kier alpha value is -2.05. The molecular formula is C22H38ClN5O. The summed E-state index contributed by atoms with van der Waals surface area (Å²) >= 11 is 6.26. The van der Waals surface area contributed by atoms with Crippen molar-refractivity contribution in [3.63, 3.8) is 0 Å². The van der Waals surface area contributed by atoms with Crippen LogP contribution in [0.15, 0.2) is 53.0 Å². The Balaban J connectivity index is 4.45. The second-order valence-electron chi connectivity index (χ2n) is 7.76. The van der Waals surface area contributed by atoms with Gasteiger partial charge in [0.2, 0.25) is 0 Å². The molecule has 0 aliphatic rings. The molecule has 7 heteroatoms. The molecule has 1 unspecified atom stereocenters. The number of halogens is 1. The Kier molecular flexibility index (Phi) is 12.3. The molecule has 0 aliphatic heterocycles. The van der Waals surface area contributed by atoms with Gasteiger partial charge in [-0.15, -0.1) is 11.6 Å². The number of hydrogen-bond acceptors (Lipinski definition) is 6. The van der Waals surface area contributed by atoms with Gasteiger partial charge in [0, 0.05) is 12.6 Å². The van der Waals surface area contributed by atoms with Crippen LogP contribution in [0.3, 0.4) is 0 Å². The molecule has 0 saturated heterocycles. The van der Waals surface area contributed by atoms with Gasteiger partial charge in [0.25, 0.3) is 0 Å². The molecular weight excluding hydrogens is 386 g/mol. The minimum absolute atomic E-state index is 0.122. The molecule has 5 N–H and O–H groups in total. The fourth-order valence-corrected chi connectivity index (χ4v) is 1.94. The third-order valence-corrected chi connectivity index (χ3v) is 4.53. The third kappa shape index (κ3) is 12.9. The zero-order valence-electron chi connectivity index (χ0n) is 18.9. The first-order valence-electron chi connectivity index (χ1n) is 9.79. The molecule has 0 aromatic rings. The first-order valence-corrected chi connectivity index (χ1v) is 10.2. The number of alkyl halides is 1. The van der Waals surface area contributed by atoms with Gasteiger partial charge in [-0.2, -0.15) is 5.10 Å². The Morgan fingerprint density at radius 1 is 1.21 bits per heavy atom. The molecule has 0 saturated carbocycles. The first-order chi connectivity index (χ1) is 13.3. The molecule has 2 atom stereocenters. The van der Waals surface area contributed by atoms with E-state index in [4.69, 9.17) is 17.0 Å². The predicted molar refractivity (Wildman–Crippen MR) is 127 cm³/mol. The van der Waals surface area contributed by atoms with E-state index in [1.807, 2.05) is 53.7 Å². The van der Waals surface area contributed by atoms with Crippen LogP contribution >= 0.6 is 11.6 Å². The predicted octanol–water partition coefficient (Wildman–Crippen LogP) is 3.86. The van der Waals surface area contributed by atoms with E-state index in [0.29, 0.717) is 18.8 Å². The van der Waals surface area contributed by atoms with Crippen LogP contribution in [0.25, 0.3) is 0 Å². The lowest BCUT2D eigenvalue weighted by atomic mass is 10.0. The van der Waals surface area contributed by atoms with E-state index < -0.39 is 6.10 Å². The minimum atomic E-state index is -0.452. The Bertz CT molecular complexity index is 669. The largest absolute Gasteiger partial charge is 0.392 e. The number of nitrogens with one attached hydrogen (secondary N) is 4. The fourth-order valence-electron chi connectivity index (χ4n) is 1.87. The summed E-state index contributed by atoms with van der Waals surface area (Å²) in [6.07, 6.45) is 6.92. The lowest BCUT2D eigenvalue weighted by Gasteiger charge is -2.17. The third-order valence-electron chi connectivity index (χ3n) is 4.23. The highest BCUT2D eigenvalue weighted by Gasteiger charge is 2.14. The number of aliphatic hydroxyl groups is 1. The topological polar surface area (TPSA) is 92.5 Å². The molecule has 0 amide bonds. The van der Waals surface area contributed by atoms with Crippen LogP contribution in [0, 0.1) is 5.41 Å². The molecule has 0 aliphatic carbocycles. The summed E-state index contributed by atoms with van der Waals surface area (Å²) in [7, 11) is 0. The number of allylic oxidation sites excluding steroid dienone is 6. The van der Waals surface area contributed by atoms with Crippen molar-refractivity contribution < 1.29 is 5.11 Å². The van der Waals surface area contributed by atoms with Gasteiger partial charge in [-0.05, 0) is 66.3 Å². The number of nitrogens with zero attached hydrogens (tertiary/aromatic N) is 1. The molecule has 29 heavy (non-hydrogen) atoms. The highest BCUT2D eigenvalue weighted by atomic mass is 35.5. The molecule has 0 rings (SSSR count). The number of hydrazone groups is 1. The lowest BCUT2D eigenvalue weighted by Crippen LogP contribution is -2.36. The standard InChI is InChI=1S/C22H38ClN5O/c1-15(9-10-16(2)22(7,8)23)21(24)11-12-25-13-17(3)27-19(5)20(6)28-26-14-18(4)29/h9-12,17-18,24-27,29H,5,13-14H2,1-4,6-8H3/b12-11-,15-9+,16-10-,24-21?,28-20+/t17-,18?/m0/s1. The Labute approximate surface area is 181 Å².